The topological polar surface area (TPSA) is 77.1 Å². The Kier molecular flexibility index (Phi) is 8.33. The van der Waals surface area contributed by atoms with E-state index in [2.05, 4.69) is 17.4 Å². The molecule has 0 spiro atoms. The molecule has 1 N–H and O–H groups in total. The number of amides is 2. The monoisotopic (exact) mass is 502 g/mol. The van der Waals surface area contributed by atoms with Crippen molar-refractivity contribution in [2.24, 2.45) is 0 Å². The average molecular weight is 503 g/mol. The number of carbonyl (C=O) groups excluding carboxylic acids is 2. The van der Waals surface area contributed by atoms with Crippen molar-refractivity contribution >= 4 is 17.5 Å². The molecule has 4 rings (SSSR count). The van der Waals surface area contributed by atoms with Crippen molar-refractivity contribution < 1.29 is 23.8 Å². The molecule has 2 amide bonds. The molecular formula is C30H34N2O5. The zero-order chi connectivity index (χ0) is 26.4. The molecule has 0 aromatic heterocycles. The van der Waals surface area contributed by atoms with Crippen LogP contribution in [0.2, 0.25) is 0 Å². The van der Waals surface area contributed by atoms with Crippen molar-refractivity contribution in [1.29, 1.82) is 0 Å². The smallest absolute Gasteiger partial charge is 0.255 e. The fraction of sp³-hybridized carbons (Fsp3) is 0.333. The molecule has 194 valence electrons. The van der Waals surface area contributed by atoms with Gasteiger partial charge in [0.25, 0.3) is 5.91 Å². The number of anilines is 1. The predicted molar refractivity (Wildman–Crippen MR) is 144 cm³/mol. The summed E-state index contributed by atoms with van der Waals surface area (Å²) in [6, 6.07) is 19.2. The lowest BCUT2D eigenvalue weighted by Gasteiger charge is -2.32. The molecule has 3 aromatic carbocycles. The number of nitrogens with one attached hydrogen (secondary N) is 1. The number of hydrogen-bond acceptors (Lipinski definition) is 5. The number of hydrogen-bond donors (Lipinski definition) is 1. The number of ether oxygens (including phenoxy) is 3. The van der Waals surface area contributed by atoms with Crippen LogP contribution in [0.15, 0.2) is 60.7 Å². The fourth-order valence-electron chi connectivity index (χ4n) is 4.73. The summed E-state index contributed by atoms with van der Waals surface area (Å²) in [5.41, 5.74) is 4.58. The molecule has 0 atom stereocenters. The van der Waals surface area contributed by atoms with E-state index >= 15 is 0 Å². The number of rotatable bonds is 8. The second kappa shape index (κ2) is 11.8. The van der Waals surface area contributed by atoms with Crippen LogP contribution < -0.4 is 19.5 Å². The number of aryl methyl sites for hydroxylation is 1. The summed E-state index contributed by atoms with van der Waals surface area (Å²) in [5.74, 6) is 1.95. The molecule has 7 heteroatoms. The van der Waals surface area contributed by atoms with Crippen LogP contribution in [0.4, 0.5) is 5.69 Å². The first kappa shape index (κ1) is 26.1. The molecule has 0 saturated carbocycles. The Morgan fingerprint density at radius 1 is 0.865 bits per heavy atom. The van der Waals surface area contributed by atoms with Gasteiger partial charge < -0.3 is 24.4 Å². The minimum absolute atomic E-state index is 0.0851. The third-order valence-corrected chi connectivity index (χ3v) is 6.88. The lowest BCUT2D eigenvalue weighted by molar-refractivity contribution is -0.131. The Hall–Kier alpha value is -4.00. The second-order valence-corrected chi connectivity index (χ2v) is 9.31. The van der Waals surface area contributed by atoms with Crippen molar-refractivity contribution in [3.05, 3.63) is 82.9 Å². The van der Waals surface area contributed by atoms with Crippen molar-refractivity contribution in [3.8, 4) is 17.2 Å². The van der Waals surface area contributed by atoms with E-state index in [1.54, 1.807) is 21.3 Å². The van der Waals surface area contributed by atoms with Gasteiger partial charge in [0.05, 0.1) is 27.8 Å². The Bertz CT molecular complexity index is 1200. The molecule has 0 bridgehead atoms. The highest BCUT2D eigenvalue weighted by Crippen LogP contribution is 2.38. The summed E-state index contributed by atoms with van der Waals surface area (Å²) in [6.45, 7) is 3.41. The lowest BCUT2D eigenvalue weighted by atomic mass is 9.89. The number of likely N-dealkylation sites (tertiary alicyclic amines) is 1. The highest BCUT2D eigenvalue weighted by atomic mass is 16.5. The first-order chi connectivity index (χ1) is 17.9. The van der Waals surface area contributed by atoms with Crippen LogP contribution in [0.1, 0.15) is 45.8 Å². The third kappa shape index (κ3) is 6.23. The first-order valence-corrected chi connectivity index (χ1v) is 12.5. The summed E-state index contributed by atoms with van der Waals surface area (Å²) in [4.78, 5) is 27.4. The van der Waals surface area contributed by atoms with Crippen molar-refractivity contribution in [2.45, 2.75) is 32.1 Å². The van der Waals surface area contributed by atoms with Crippen LogP contribution in [0.3, 0.4) is 0 Å². The van der Waals surface area contributed by atoms with Gasteiger partial charge in [-0.25, -0.2) is 0 Å². The van der Waals surface area contributed by atoms with E-state index in [0.717, 1.165) is 29.7 Å². The molecule has 1 saturated heterocycles. The summed E-state index contributed by atoms with van der Waals surface area (Å²) in [7, 11) is 4.70. The maximum atomic E-state index is 13.0. The van der Waals surface area contributed by atoms with Crippen LogP contribution in [0.5, 0.6) is 17.2 Å². The quantitative estimate of drug-likeness (QED) is 0.457. The minimum Gasteiger partial charge on any atom is -0.493 e. The molecule has 37 heavy (non-hydrogen) atoms. The molecule has 1 aliphatic rings. The number of benzene rings is 3. The zero-order valence-corrected chi connectivity index (χ0v) is 21.9. The summed E-state index contributed by atoms with van der Waals surface area (Å²) >= 11 is 0. The van der Waals surface area contributed by atoms with Gasteiger partial charge in [-0.05, 0) is 73.2 Å². The molecule has 1 aliphatic heterocycles. The molecule has 1 fully saturated rings. The molecule has 0 aliphatic carbocycles. The largest absolute Gasteiger partial charge is 0.493 e. The molecule has 0 radical (unpaired) electrons. The van der Waals surface area contributed by atoms with Gasteiger partial charge in [0, 0.05) is 24.3 Å². The van der Waals surface area contributed by atoms with E-state index in [0.29, 0.717) is 41.8 Å². The lowest BCUT2D eigenvalue weighted by Crippen LogP contribution is -2.38. The SMILES string of the molecule is COc1cc(CC(=O)N2CCC(c3ccc(NC(=O)c4ccc(C)cc4)cc3)CC2)cc(OC)c1OC. The van der Waals surface area contributed by atoms with Crippen molar-refractivity contribution in [3.63, 3.8) is 0 Å². The van der Waals surface area contributed by atoms with E-state index < -0.39 is 0 Å². The third-order valence-electron chi connectivity index (χ3n) is 6.88. The average Bonchev–Trinajstić information content (AvgIpc) is 2.93. The summed E-state index contributed by atoms with van der Waals surface area (Å²) in [6.07, 6.45) is 2.07. The van der Waals surface area contributed by atoms with E-state index in [9.17, 15) is 9.59 Å². The van der Waals surface area contributed by atoms with Crippen LogP contribution in [0.25, 0.3) is 0 Å². The van der Waals surface area contributed by atoms with E-state index in [4.69, 9.17) is 14.2 Å². The molecule has 7 nitrogen and oxygen atoms in total. The Labute approximate surface area is 218 Å². The molecule has 1 heterocycles. The van der Waals surface area contributed by atoms with E-state index in [1.807, 2.05) is 60.4 Å². The maximum absolute atomic E-state index is 13.0. The van der Waals surface area contributed by atoms with E-state index in [1.165, 1.54) is 5.56 Å². The van der Waals surface area contributed by atoms with Gasteiger partial charge in [0.1, 0.15) is 0 Å². The van der Waals surface area contributed by atoms with Gasteiger partial charge in [0.2, 0.25) is 11.7 Å². The van der Waals surface area contributed by atoms with Crippen molar-refractivity contribution in [2.75, 3.05) is 39.7 Å². The standard InChI is InChI=1S/C30H34N2O5/c1-20-5-7-24(8-6-20)30(34)31-25-11-9-22(10-12-25)23-13-15-32(16-14-23)28(33)19-21-17-26(35-2)29(37-4)27(18-21)36-3/h5-12,17-18,23H,13-16,19H2,1-4H3,(H,31,34). The molecule has 0 unspecified atom stereocenters. The number of nitrogens with zero attached hydrogens (tertiary/aromatic N) is 1. The number of carbonyl (C=O) groups is 2. The predicted octanol–water partition coefficient (Wildman–Crippen LogP) is 5.22. The highest BCUT2D eigenvalue weighted by molar-refractivity contribution is 6.04. The summed E-state index contributed by atoms with van der Waals surface area (Å²) in [5, 5.41) is 2.96. The van der Waals surface area contributed by atoms with Gasteiger partial charge in [-0.3, -0.25) is 9.59 Å². The Morgan fingerprint density at radius 3 is 2.00 bits per heavy atom. The van der Waals surface area contributed by atoms with Gasteiger partial charge in [0.15, 0.2) is 11.5 Å². The maximum Gasteiger partial charge on any atom is 0.255 e. The van der Waals surface area contributed by atoms with Gasteiger partial charge in [-0.1, -0.05) is 29.8 Å². The second-order valence-electron chi connectivity index (χ2n) is 9.31. The summed E-state index contributed by atoms with van der Waals surface area (Å²) < 4.78 is 16.2. The minimum atomic E-state index is -0.119. The molecule has 3 aromatic rings. The van der Waals surface area contributed by atoms with Gasteiger partial charge in [-0.2, -0.15) is 0 Å². The molecular weight excluding hydrogens is 468 g/mol. The number of methoxy groups -OCH3 is 3. The Morgan fingerprint density at radius 2 is 1.46 bits per heavy atom. The zero-order valence-electron chi connectivity index (χ0n) is 21.9. The van der Waals surface area contributed by atoms with Crippen LogP contribution >= 0.6 is 0 Å². The fourth-order valence-corrected chi connectivity index (χ4v) is 4.73. The van der Waals surface area contributed by atoms with Crippen LogP contribution in [0, 0.1) is 6.92 Å². The van der Waals surface area contributed by atoms with Crippen LogP contribution in [-0.2, 0) is 11.2 Å². The van der Waals surface area contributed by atoms with Crippen molar-refractivity contribution in [1.82, 2.24) is 4.90 Å². The normalized spacial score (nSPS) is 13.7. The van der Waals surface area contributed by atoms with Gasteiger partial charge >= 0.3 is 0 Å². The van der Waals surface area contributed by atoms with Gasteiger partial charge in [-0.15, -0.1) is 0 Å². The first-order valence-electron chi connectivity index (χ1n) is 12.5. The Balaban J connectivity index is 1.32. The highest BCUT2D eigenvalue weighted by Gasteiger charge is 2.25. The van der Waals surface area contributed by atoms with Crippen LogP contribution in [-0.4, -0.2) is 51.1 Å². The van der Waals surface area contributed by atoms with E-state index in [-0.39, 0.29) is 18.2 Å². The number of piperidine rings is 1.